The first kappa shape index (κ1) is 18.2. The third-order valence-corrected chi connectivity index (χ3v) is 3.32. The molecular formula is C17H21ClO4. The van der Waals surface area contributed by atoms with Gasteiger partial charge in [0.1, 0.15) is 12.7 Å². The maximum Gasteiger partial charge on any atom is 0.331 e. The smallest absolute Gasteiger partial charge is 0.331 e. The predicted octanol–water partition coefficient (Wildman–Crippen LogP) is 3.92. The maximum atomic E-state index is 11.6. The van der Waals surface area contributed by atoms with E-state index in [9.17, 15) is 9.59 Å². The highest BCUT2D eigenvalue weighted by Gasteiger charge is 2.14. The summed E-state index contributed by atoms with van der Waals surface area (Å²) in [5.74, 6) is -0.896. The van der Waals surface area contributed by atoms with Crippen LogP contribution in [0, 0.1) is 5.92 Å². The average Bonchev–Trinajstić information content (AvgIpc) is 2.49. The number of rotatable bonds is 7. The molecule has 22 heavy (non-hydrogen) atoms. The van der Waals surface area contributed by atoms with Gasteiger partial charge in [-0.1, -0.05) is 44.5 Å². The van der Waals surface area contributed by atoms with Crippen LogP contribution in [-0.4, -0.2) is 18.0 Å². The number of halogens is 1. The van der Waals surface area contributed by atoms with Gasteiger partial charge in [-0.3, -0.25) is 0 Å². The summed E-state index contributed by atoms with van der Waals surface area (Å²) >= 11 is 5.76. The molecule has 0 N–H and O–H groups in total. The van der Waals surface area contributed by atoms with Crippen molar-refractivity contribution < 1.29 is 19.1 Å². The summed E-state index contributed by atoms with van der Waals surface area (Å²) in [6, 6.07) is 6.97. The third-order valence-electron chi connectivity index (χ3n) is 3.06. The van der Waals surface area contributed by atoms with Crippen LogP contribution in [0.1, 0.15) is 32.8 Å². The molecule has 0 radical (unpaired) electrons. The van der Waals surface area contributed by atoms with E-state index in [1.54, 1.807) is 24.3 Å². The highest BCUT2D eigenvalue weighted by molar-refractivity contribution is 6.30. The number of carbonyl (C=O) groups is 2. The molecule has 0 amide bonds. The second-order valence-electron chi connectivity index (χ2n) is 5.20. The SMILES string of the molecule is CCC(OC(=O)/C=C/C(=O)OCc1ccc(Cl)cc1)C(C)C. The Morgan fingerprint density at radius 3 is 2.27 bits per heavy atom. The standard InChI is InChI=1S/C17H21ClO4/c1-4-15(12(2)3)22-17(20)10-9-16(19)21-11-13-5-7-14(18)8-6-13/h5-10,12,15H,4,11H2,1-3H3/b10-9+. The maximum absolute atomic E-state index is 11.6. The Bertz CT molecular complexity index is 520. The van der Waals surface area contributed by atoms with Crippen molar-refractivity contribution in [2.75, 3.05) is 0 Å². The van der Waals surface area contributed by atoms with Crippen molar-refractivity contribution in [3.05, 3.63) is 47.0 Å². The molecule has 0 aromatic heterocycles. The molecule has 5 heteroatoms. The second-order valence-corrected chi connectivity index (χ2v) is 5.63. The molecule has 0 spiro atoms. The predicted molar refractivity (Wildman–Crippen MR) is 85.4 cm³/mol. The van der Waals surface area contributed by atoms with Crippen LogP contribution in [0.2, 0.25) is 5.02 Å². The fourth-order valence-electron chi connectivity index (χ4n) is 1.80. The molecule has 0 aliphatic heterocycles. The quantitative estimate of drug-likeness (QED) is 0.563. The molecule has 0 aliphatic rings. The Balaban J connectivity index is 2.40. The van der Waals surface area contributed by atoms with E-state index in [1.807, 2.05) is 20.8 Å². The van der Waals surface area contributed by atoms with Gasteiger partial charge >= 0.3 is 11.9 Å². The minimum absolute atomic E-state index is 0.124. The molecule has 0 saturated carbocycles. The van der Waals surface area contributed by atoms with Crippen molar-refractivity contribution in [3.63, 3.8) is 0 Å². The normalized spacial score (nSPS) is 12.4. The third kappa shape index (κ3) is 6.76. The summed E-state index contributed by atoms with van der Waals surface area (Å²) in [5.41, 5.74) is 0.819. The van der Waals surface area contributed by atoms with E-state index in [1.165, 1.54) is 0 Å². The number of ether oxygens (including phenoxy) is 2. The minimum Gasteiger partial charge on any atom is -0.459 e. The van der Waals surface area contributed by atoms with Gasteiger partial charge in [0.15, 0.2) is 0 Å². The average molecular weight is 325 g/mol. The zero-order chi connectivity index (χ0) is 16.5. The molecule has 0 aliphatic carbocycles. The highest BCUT2D eigenvalue weighted by atomic mass is 35.5. The van der Waals surface area contributed by atoms with E-state index >= 15 is 0 Å². The summed E-state index contributed by atoms with van der Waals surface area (Å²) in [5, 5.41) is 0.619. The minimum atomic E-state index is -0.593. The molecule has 1 aromatic carbocycles. The zero-order valence-corrected chi connectivity index (χ0v) is 13.8. The summed E-state index contributed by atoms with van der Waals surface area (Å²) < 4.78 is 10.3. The number of hydrogen-bond acceptors (Lipinski definition) is 4. The van der Waals surface area contributed by atoms with Gasteiger partial charge in [0.05, 0.1) is 0 Å². The lowest BCUT2D eigenvalue weighted by Crippen LogP contribution is -2.21. The number of carbonyl (C=O) groups excluding carboxylic acids is 2. The van der Waals surface area contributed by atoms with Crippen LogP contribution >= 0.6 is 11.6 Å². The van der Waals surface area contributed by atoms with Gasteiger partial charge in [-0.05, 0) is 30.0 Å². The first-order valence-corrected chi connectivity index (χ1v) is 7.60. The van der Waals surface area contributed by atoms with Gasteiger partial charge in [0.25, 0.3) is 0 Å². The molecule has 0 saturated heterocycles. The van der Waals surface area contributed by atoms with Gasteiger partial charge < -0.3 is 9.47 Å². The van der Waals surface area contributed by atoms with Crippen molar-refractivity contribution >= 4 is 23.5 Å². The highest BCUT2D eigenvalue weighted by Crippen LogP contribution is 2.11. The van der Waals surface area contributed by atoms with Crippen molar-refractivity contribution in [2.24, 2.45) is 5.92 Å². The molecule has 1 unspecified atom stereocenters. The van der Waals surface area contributed by atoms with E-state index in [4.69, 9.17) is 21.1 Å². The Hall–Kier alpha value is -1.81. The van der Waals surface area contributed by atoms with Gasteiger partial charge in [-0.25, -0.2) is 9.59 Å². The summed E-state index contributed by atoms with van der Waals surface area (Å²) in [6.45, 7) is 6.03. The Labute approximate surface area is 136 Å². The van der Waals surface area contributed by atoms with Crippen LogP contribution in [0.15, 0.2) is 36.4 Å². The van der Waals surface area contributed by atoms with Crippen LogP contribution in [0.4, 0.5) is 0 Å². The monoisotopic (exact) mass is 324 g/mol. The Morgan fingerprint density at radius 2 is 1.73 bits per heavy atom. The number of esters is 2. The number of benzene rings is 1. The lowest BCUT2D eigenvalue weighted by atomic mass is 10.1. The molecular weight excluding hydrogens is 304 g/mol. The molecule has 1 rings (SSSR count). The fourth-order valence-corrected chi connectivity index (χ4v) is 1.92. The summed E-state index contributed by atoms with van der Waals surface area (Å²) in [7, 11) is 0. The van der Waals surface area contributed by atoms with Gasteiger partial charge in [0.2, 0.25) is 0 Å². The molecule has 4 nitrogen and oxygen atoms in total. The number of hydrogen-bond donors (Lipinski definition) is 0. The molecule has 1 atom stereocenters. The zero-order valence-electron chi connectivity index (χ0n) is 13.0. The Morgan fingerprint density at radius 1 is 1.14 bits per heavy atom. The van der Waals surface area contributed by atoms with Crippen LogP contribution in [-0.2, 0) is 25.7 Å². The van der Waals surface area contributed by atoms with Crippen molar-refractivity contribution in [1.82, 2.24) is 0 Å². The van der Waals surface area contributed by atoms with E-state index in [-0.39, 0.29) is 18.6 Å². The van der Waals surface area contributed by atoms with E-state index < -0.39 is 11.9 Å². The van der Waals surface area contributed by atoms with Crippen molar-refractivity contribution in [1.29, 1.82) is 0 Å². The van der Waals surface area contributed by atoms with E-state index in [0.29, 0.717) is 5.02 Å². The molecule has 0 heterocycles. The van der Waals surface area contributed by atoms with Crippen molar-refractivity contribution in [3.8, 4) is 0 Å². The fraction of sp³-hybridized carbons (Fsp3) is 0.412. The topological polar surface area (TPSA) is 52.6 Å². The second kappa shape index (κ2) is 9.26. The van der Waals surface area contributed by atoms with Crippen LogP contribution in [0.25, 0.3) is 0 Å². The van der Waals surface area contributed by atoms with Gasteiger partial charge in [-0.2, -0.15) is 0 Å². The lowest BCUT2D eigenvalue weighted by molar-refractivity contribution is -0.146. The first-order valence-electron chi connectivity index (χ1n) is 7.22. The largest absolute Gasteiger partial charge is 0.459 e. The van der Waals surface area contributed by atoms with Gasteiger partial charge in [-0.15, -0.1) is 0 Å². The summed E-state index contributed by atoms with van der Waals surface area (Å²) in [6.07, 6.45) is 2.75. The van der Waals surface area contributed by atoms with Crippen LogP contribution in [0.3, 0.4) is 0 Å². The van der Waals surface area contributed by atoms with Crippen LogP contribution in [0.5, 0.6) is 0 Å². The first-order chi connectivity index (χ1) is 10.4. The van der Waals surface area contributed by atoms with Crippen molar-refractivity contribution in [2.45, 2.75) is 39.9 Å². The lowest BCUT2D eigenvalue weighted by Gasteiger charge is -2.18. The van der Waals surface area contributed by atoms with E-state index in [2.05, 4.69) is 0 Å². The Kier molecular flexibility index (Phi) is 7.67. The van der Waals surface area contributed by atoms with Crippen LogP contribution < -0.4 is 0 Å². The molecule has 120 valence electrons. The summed E-state index contributed by atoms with van der Waals surface area (Å²) in [4.78, 5) is 23.1. The molecule has 0 fully saturated rings. The molecule has 0 bridgehead atoms. The van der Waals surface area contributed by atoms with E-state index in [0.717, 1.165) is 24.1 Å². The van der Waals surface area contributed by atoms with Gasteiger partial charge in [0, 0.05) is 17.2 Å². The molecule has 1 aromatic rings.